The summed E-state index contributed by atoms with van der Waals surface area (Å²) in [5.74, 6) is -2.01. The average Bonchev–Trinajstić information content (AvgIpc) is 2.38. The van der Waals surface area contributed by atoms with Crippen molar-refractivity contribution < 1.29 is 35.1 Å². The van der Waals surface area contributed by atoms with E-state index in [1.54, 1.807) is 0 Å². The molecule has 0 amide bonds. The Balaban J connectivity index is 3.06. The number of ether oxygens (including phenoxy) is 1. The highest BCUT2D eigenvalue weighted by Gasteiger charge is 2.49. The predicted octanol–water partition coefficient (Wildman–Crippen LogP) is -3.89. The molecule has 0 aromatic rings. The summed E-state index contributed by atoms with van der Waals surface area (Å²) in [6, 6.07) is -1.56. The van der Waals surface area contributed by atoms with Gasteiger partial charge in [-0.15, -0.1) is 0 Å². The zero-order valence-corrected chi connectivity index (χ0v) is 10.7. The molecular weight excluding hydrogens is 274 g/mol. The van der Waals surface area contributed by atoms with Crippen LogP contribution in [-0.2, 0) is 9.53 Å². The fourth-order valence-corrected chi connectivity index (χ4v) is 2.07. The van der Waals surface area contributed by atoms with E-state index in [2.05, 4.69) is 0 Å². The molecule has 1 rings (SSSR count). The Morgan fingerprint density at radius 1 is 1.35 bits per heavy atom. The van der Waals surface area contributed by atoms with Gasteiger partial charge in [0.25, 0.3) is 0 Å². The number of carboxylic acids is 1. The molecule has 1 aliphatic rings. The van der Waals surface area contributed by atoms with Crippen molar-refractivity contribution in [1.29, 1.82) is 5.41 Å². The van der Waals surface area contributed by atoms with Gasteiger partial charge in [-0.3, -0.25) is 5.41 Å². The Morgan fingerprint density at radius 2 is 1.90 bits per heavy atom. The van der Waals surface area contributed by atoms with Crippen molar-refractivity contribution in [3.05, 3.63) is 0 Å². The van der Waals surface area contributed by atoms with Crippen LogP contribution in [0, 0.1) is 5.41 Å². The van der Waals surface area contributed by atoms with E-state index in [-0.39, 0.29) is 0 Å². The summed E-state index contributed by atoms with van der Waals surface area (Å²) in [6.45, 7) is -0.669. The van der Waals surface area contributed by atoms with Gasteiger partial charge in [-0.25, -0.2) is 4.79 Å². The van der Waals surface area contributed by atoms with Crippen LogP contribution in [-0.4, -0.2) is 92.6 Å². The summed E-state index contributed by atoms with van der Waals surface area (Å²) in [6.07, 6.45) is -7.68. The summed E-state index contributed by atoms with van der Waals surface area (Å²) in [5.41, 5.74) is 5.20. The van der Waals surface area contributed by atoms with Crippen LogP contribution >= 0.6 is 0 Å². The third-order valence-electron chi connectivity index (χ3n) is 3.29. The number of rotatable bonds is 4. The topological polar surface area (TPSA) is 181 Å². The van der Waals surface area contributed by atoms with Gasteiger partial charge < -0.3 is 40.9 Å². The molecule has 1 aliphatic heterocycles. The molecule has 1 heterocycles. The molecule has 0 aliphatic carbocycles. The fraction of sp³-hybridized carbons (Fsp3) is 0.800. The minimum absolute atomic E-state index is 0.575. The van der Waals surface area contributed by atoms with E-state index in [0.717, 1.165) is 4.90 Å². The number of nitrogens with one attached hydrogen (secondary N) is 1. The molecule has 6 atom stereocenters. The van der Waals surface area contributed by atoms with Crippen LogP contribution in [0.3, 0.4) is 0 Å². The highest BCUT2D eigenvalue weighted by atomic mass is 16.5. The van der Waals surface area contributed by atoms with Crippen LogP contribution in [0.1, 0.15) is 0 Å². The van der Waals surface area contributed by atoms with Gasteiger partial charge in [0.05, 0.1) is 6.61 Å². The molecule has 2 unspecified atom stereocenters. The molecule has 0 saturated carbocycles. The lowest BCUT2D eigenvalue weighted by atomic mass is 9.91. The maximum atomic E-state index is 11.3. The van der Waals surface area contributed by atoms with E-state index in [0.29, 0.717) is 0 Å². The number of guanidine groups is 1. The van der Waals surface area contributed by atoms with Crippen molar-refractivity contribution in [2.24, 2.45) is 5.73 Å². The van der Waals surface area contributed by atoms with Crippen molar-refractivity contribution in [3.63, 3.8) is 0 Å². The van der Waals surface area contributed by atoms with E-state index < -0.39 is 55.1 Å². The van der Waals surface area contributed by atoms with E-state index >= 15 is 0 Å². The standard InChI is InChI=1S/C10H19N3O7/c1-13(10(11)12)4(9(18)19)8-7(17)6(16)5(15)3(2-14)20-8/h3-8,14-17H,2H2,1H3,(H3,11,12)(H,18,19)/t3-,4?,5-,6+,7+,8?/m1/s1. The number of hydrogen-bond donors (Lipinski definition) is 7. The van der Waals surface area contributed by atoms with E-state index in [4.69, 9.17) is 21.0 Å². The molecule has 0 bridgehead atoms. The van der Waals surface area contributed by atoms with Gasteiger partial charge in [-0.2, -0.15) is 0 Å². The number of carboxylic acid groups (broad SMARTS) is 1. The number of aliphatic hydroxyl groups excluding tert-OH is 4. The molecule has 10 nitrogen and oxygen atoms in total. The number of nitrogens with two attached hydrogens (primary N) is 1. The van der Waals surface area contributed by atoms with Gasteiger partial charge in [-0.05, 0) is 0 Å². The first-order valence-electron chi connectivity index (χ1n) is 5.82. The van der Waals surface area contributed by atoms with E-state index in [1.165, 1.54) is 7.05 Å². The van der Waals surface area contributed by atoms with Crippen molar-refractivity contribution in [1.82, 2.24) is 4.90 Å². The molecule has 1 saturated heterocycles. The van der Waals surface area contributed by atoms with Crippen LogP contribution in [0.5, 0.6) is 0 Å². The maximum Gasteiger partial charge on any atom is 0.329 e. The summed E-state index contributed by atoms with van der Waals surface area (Å²) >= 11 is 0. The van der Waals surface area contributed by atoms with Gasteiger partial charge in [0.15, 0.2) is 12.0 Å². The monoisotopic (exact) mass is 293 g/mol. The van der Waals surface area contributed by atoms with Crippen molar-refractivity contribution in [2.45, 2.75) is 36.6 Å². The fourth-order valence-electron chi connectivity index (χ4n) is 2.07. The second-order valence-corrected chi connectivity index (χ2v) is 4.57. The molecule has 0 radical (unpaired) electrons. The number of nitrogens with zero attached hydrogens (tertiary/aromatic N) is 1. The first-order chi connectivity index (χ1) is 9.22. The normalized spacial score (nSPS) is 35.4. The third kappa shape index (κ3) is 2.99. The van der Waals surface area contributed by atoms with Crippen LogP contribution < -0.4 is 5.73 Å². The zero-order chi connectivity index (χ0) is 15.6. The summed E-state index contributed by atoms with van der Waals surface area (Å²) in [4.78, 5) is 12.1. The van der Waals surface area contributed by atoms with Gasteiger partial charge >= 0.3 is 5.97 Å². The van der Waals surface area contributed by atoms with Gasteiger partial charge in [0.2, 0.25) is 0 Å². The zero-order valence-electron chi connectivity index (χ0n) is 10.7. The van der Waals surface area contributed by atoms with Gasteiger partial charge in [-0.1, -0.05) is 0 Å². The van der Waals surface area contributed by atoms with E-state index in [9.17, 15) is 25.2 Å². The predicted molar refractivity (Wildman–Crippen MR) is 64.9 cm³/mol. The Bertz CT molecular complexity index is 378. The van der Waals surface area contributed by atoms with Crippen LogP contribution in [0.2, 0.25) is 0 Å². The lowest BCUT2D eigenvalue weighted by Gasteiger charge is -2.43. The van der Waals surface area contributed by atoms with Gasteiger partial charge in [0.1, 0.15) is 30.5 Å². The summed E-state index contributed by atoms with van der Waals surface area (Å²) < 4.78 is 5.14. The largest absolute Gasteiger partial charge is 0.480 e. The quantitative estimate of drug-likeness (QED) is 0.201. The molecular formula is C10H19N3O7. The number of likely N-dealkylation sites (N-methyl/N-ethyl adjacent to an activating group) is 1. The Morgan fingerprint density at radius 3 is 2.30 bits per heavy atom. The molecule has 8 N–H and O–H groups in total. The van der Waals surface area contributed by atoms with Crippen LogP contribution in [0.4, 0.5) is 0 Å². The minimum Gasteiger partial charge on any atom is -0.480 e. The van der Waals surface area contributed by atoms with Crippen molar-refractivity contribution in [2.75, 3.05) is 13.7 Å². The molecule has 116 valence electrons. The molecule has 0 aromatic carbocycles. The molecule has 0 aromatic heterocycles. The average molecular weight is 293 g/mol. The van der Waals surface area contributed by atoms with Gasteiger partial charge in [0, 0.05) is 7.05 Å². The first kappa shape index (κ1) is 16.6. The summed E-state index contributed by atoms with van der Waals surface area (Å²) in [5, 5.41) is 54.6. The van der Waals surface area contributed by atoms with E-state index in [1.807, 2.05) is 0 Å². The second-order valence-electron chi connectivity index (χ2n) is 4.57. The smallest absolute Gasteiger partial charge is 0.329 e. The van der Waals surface area contributed by atoms with Crippen molar-refractivity contribution in [3.8, 4) is 0 Å². The minimum atomic E-state index is -1.71. The molecule has 20 heavy (non-hydrogen) atoms. The number of hydrogen-bond acceptors (Lipinski definition) is 7. The Hall–Kier alpha value is -1.46. The molecule has 0 spiro atoms. The lowest BCUT2D eigenvalue weighted by molar-refractivity contribution is -0.240. The first-order valence-corrected chi connectivity index (χ1v) is 5.82. The Labute approximate surface area is 114 Å². The highest BCUT2D eigenvalue weighted by Crippen LogP contribution is 2.25. The highest BCUT2D eigenvalue weighted by molar-refractivity contribution is 5.83. The molecule has 1 fully saturated rings. The van der Waals surface area contributed by atoms with Crippen LogP contribution in [0.25, 0.3) is 0 Å². The van der Waals surface area contributed by atoms with Crippen LogP contribution in [0.15, 0.2) is 0 Å². The molecule has 10 heteroatoms. The second kappa shape index (κ2) is 6.33. The summed E-state index contributed by atoms with van der Waals surface area (Å²) in [7, 11) is 1.21. The number of carbonyl (C=O) groups is 1. The SMILES string of the molecule is CN(C(=N)N)C(C(=O)O)C1O[C@H](CO)[C@@H](O)[C@H](O)[C@@H]1O. The third-order valence-corrected chi connectivity index (χ3v) is 3.29. The number of aliphatic hydroxyl groups is 4. The lowest BCUT2D eigenvalue weighted by Crippen LogP contribution is -2.66. The number of aliphatic carboxylic acids is 1. The maximum absolute atomic E-state index is 11.3. The van der Waals surface area contributed by atoms with Crippen molar-refractivity contribution >= 4 is 11.9 Å². The Kier molecular flexibility index (Phi) is 5.25.